The largest absolute Gasteiger partial charge is 0.508 e. The molecule has 0 N–H and O–H groups in total. The predicted molar refractivity (Wildman–Crippen MR) is 58.7 cm³/mol. The first-order chi connectivity index (χ1) is 8.07. The smallest absolute Gasteiger partial charge is 0.451 e. The van der Waals surface area contributed by atoms with E-state index in [0.717, 1.165) is 6.61 Å². The molecule has 0 heterocycles. The van der Waals surface area contributed by atoms with Crippen LogP contribution in [0.15, 0.2) is 12.2 Å². The van der Waals surface area contributed by atoms with Crippen LogP contribution in [0.3, 0.4) is 0 Å². The quantitative estimate of drug-likeness (QED) is 0.364. The Morgan fingerprint density at radius 2 is 1.94 bits per heavy atom. The molecule has 2 radical (unpaired) electrons. The van der Waals surface area contributed by atoms with Gasteiger partial charge in [0.2, 0.25) is 0 Å². The minimum Gasteiger partial charge on any atom is -0.451 e. The second-order valence-corrected chi connectivity index (χ2v) is 2.87. The van der Waals surface area contributed by atoms with Gasteiger partial charge >= 0.3 is 12.1 Å². The molecule has 0 saturated carbocycles. The average Bonchev–Trinajstić information content (AvgIpc) is 2.29. The number of esters is 1. The van der Waals surface area contributed by atoms with E-state index in [2.05, 4.69) is 27.7 Å². The van der Waals surface area contributed by atoms with Gasteiger partial charge in [-0.25, -0.2) is 9.59 Å². The third-order valence-corrected chi connectivity index (χ3v) is 1.40. The van der Waals surface area contributed by atoms with E-state index in [9.17, 15) is 9.59 Å². The molecule has 0 atom stereocenters. The second kappa shape index (κ2) is 9.65. The van der Waals surface area contributed by atoms with E-state index in [1.165, 1.54) is 6.92 Å². The van der Waals surface area contributed by atoms with Gasteiger partial charge in [-0.1, -0.05) is 6.58 Å². The topological polar surface area (TPSA) is 71.1 Å². The first-order valence-electron chi connectivity index (χ1n) is 4.92. The molecule has 0 rings (SSSR count). The van der Waals surface area contributed by atoms with E-state index >= 15 is 0 Å². The number of rotatable bonds is 8. The molecular weight excluding hydrogens is 228 g/mol. The summed E-state index contributed by atoms with van der Waals surface area (Å²) in [7, 11) is 0. The number of hydrogen-bond donors (Lipinski definition) is 0. The zero-order valence-corrected chi connectivity index (χ0v) is 9.77. The molecule has 0 bridgehead atoms. The van der Waals surface area contributed by atoms with Gasteiger partial charge in [0, 0.05) is 12.2 Å². The zero-order valence-electron chi connectivity index (χ0n) is 9.77. The van der Waals surface area contributed by atoms with Crippen molar-refractivity contribution >= 4 is 12.1 Å². The average molecular weight is 244 g/mol. The Balaban J connectivity index is 3.39. The number of hydrogen-bond acceptors (Lipinski definition) is 6. The molecule has 0 spiro atoms. The molecule has 17 heavy (non-hydrogen) atoms. The van der Waals surface area contributed by atoms with Crippen molar-refractivity contribution in [3.8, 4) is 0 Å². The molecule has 96 valence electrons. The molecule has 0 aliphatic heterocycles. The van der Waals surface area contributed by atoms with Crippen LogP contribution >= 0.6 is 0 Å². The second-order valence-electron chi connectivity index (χ2n) is 2.87. The molecule has 0 amide bonds. The van der Waals surface area contributed by atoms with E-state index < -0.39 is 12.1 Å². The van der Waals surface area contributed by atoms with Gasteiger partial charge in [0.15, 0.2) is 6.61 Å². The highest BCUT2D eigenvalue weighted by Gasteiger charge is 2.06. The van der Waals surface area contributed by atoms with Crippen molar-refractivity contribution < 1.29 is 28.5 Å². The lowest BCUT2D eigenvalue weighted by atomic mass is 10.4. The highest BCUT2D eigenvalue weighted by atomic mass is 16.7. The molecule has 6 heteroatoms. The lowest BCUT2D eigenvalue weighted by Crippen LogP contribution is -2.14. The highest BCUT2D eigenvalue weighted by molar-refractivity contribution is 5.87. The van der Waals surface area contributed by atoms with Gasteiger partial charge in [-0.05, 0) is 13.8 Å². The molecule has 0 fully saturated rings. The van der Waals surface area contributed by atoms with Crippen molar-refractivity contribution in [1.29, 1.82) is 0 Å². The Morgan fingerprint density at radius 3 is 2.53 bits per heavy atom. The molecule has 6 nitrogen and oxygen atoms in total. The summed E-state index contributed by atoms with van der Waals surface area (Å²) in [5, 5.41) is 0. The van der Waals surface area contributed by atoms with Crippen LogP contribution in [0.2, 0.25) is 0 Å². The summed E-state index contributed by atoms with van der Waals surface area (Å²) < 4.78 is 18.6. The van der Waals surface area contributed by atoms with Crippen LogP contribution in [0.25, 0.3) is 0 Å². The van der Waals surface area contributed by atoms with Crippen molar-refractivity contribution in [2.24, 2.45) is 0 Å². The van der Waals surface area contributed by atoms with Crippen LogP contribution in [0, 0.1) is 13.5 Å². The van der Waals surface area contributed by atoms with Crippen LogP contribution in [0.4, 0.5) is 4.79 Å². The standard InChI is InChI=1S/C11H16O6/c1-4-14-5-6-16-11(13)17-8-7-15-10(12)9(2)3/h7H,1-2,4-6,8H2,3H3. The van der Waals surface area contributed by atoms with Crippen LogP contribution < -0.4 is 0 Å². The van der Waals surface area contributed by atoms with E-state index in [-0.39, 0.29) is 25.4 Å². The summed E-state index contributed by atoms with van der Waals surface area (Å²) in [5.41, 5.74) is 0.258. The van der Waals surface area contributed by atoms with Crippen molar-refractivity contribution in [3.05, 3.63) is 25.7 Å². The lowest BCUT2D eigenvalue weighted by molar-refractivity contribution is -0.136. The Hall–Kier alpha value is -1.56. The van der Waals surface area contributed by atoms with Crippen molar-refractivity contribution in [2.45, 2.75) is 6.92 Å². The maximum Gasteiger partial charge on any atom is 0.508 e. The highest BCUT2D eigenvalue weighted by Crippen LogP contribution is 1.95. The van der Waals surface area contributed by atoms with Gasteiger partial charge in [-0.3, -0.25) is 0 Å². The number of ether oxygens (including phenoxy) is 4. The fourth-order valence-electron chi connectivity index (χ4n) is 0.640. The first-order valence-corrected chi connectivity index (χ1v) is 4.92. The van der Waals surface area contributed by atoms with Gasteiger partial charge in [0.1, 0.15) is 13.2 Å². The molecule has 0 unspecified atom stereocenters. The summed E-state index contributed by atoms with van der Waals surface area (Å²) in [6.07, 6.45) is -0.861. The molecule has 0 aliphatic carbocycles. The normalized spacial score (nSPS) is 9.53. The van der Waals surface area contributed by atoms with Crippen LogP contribution in [-0.4, -0.2) is 38.6 Å². The molecule has 0 saturated heterocycles. The third kappa shape index (κ3) is 9.37. The van der Waals surface area contributed by atoms with Gasteiger partial charge in [-0.15, -0.1) is 0 Å². The SMILES string of the molecule is [CH2]COCCOC(=O)OC[CH]OC(=O)C(=C)C. The molecule has 0 aromatic rings. The summed E-state index contributed by atoms with van der Waals surface area (Å²) in [6.45, 7) is 9.84. The summed E-state index contributed by atoms with van der Waals surface area (Å²) in [4.78, 5) is 21.8. The minimum absolute atomic E-state index is 0.0832. The zero-order chi connectivity index (χ0) is 13.1. The van der Waals surface area contributed by atoms with Crippen LogP contribution in [-0.2, 0) is 23.7 Å². The number of carbonyl (C=O) groups excluding carboxylic acids is 2. The lowest BCUT2D eigenvalue weighted by Gasteiger charge is -2.06. The first kappa shape index (κ1) is 15.4. The summed E-state index contributed by atoms with van der Waals surface area (Å²) in [5.74, 6) is -0.578. The van der Waals surface area contributed by atoms with E-state index in [0.29, 0.717) is 6.61 Å². The molecule has 0 aromatic carbocycles. The van der Waals surface area contributed by atoms with E-state index in [1.54, 1.807) is 0 Å². The van der Waals surface area contributed by atoms with E-state index in [4.69, 9.17) is 4.74 Å². The van der Waals surface area contributed by atoms with Crippen molar-refractivity contribution in [2.75, 3.05) is 26.4 Å². The van der Waals surface area contributed by atoms with Gasteiger partial charge in [-0.2, -0.15) is 0 Å². The predicted octanol–water partition coefficient (Wildman–Crippen LogP) is 1.27. The van der Waals surface area contributed by atoms with Gasteiger partial charge in [0.25, 0.3) is 0 Å². The van der Waals surface area contributed by atoms with Gasteiger partial charge < -0.3 is 18.9 Å². The maximum absolute atomic E-state index is 10.9. The van der Waals surface area contributed by atoms with Gasteiger partial charge in [0.05, 0.1) is 6.61 Å². The Kier molecular flexibility index (Phi) is 8.77. The Morgan fingerprint density at radius 1 is 1.24 bits per heavy atom. The summed E-state index contributed by atoms with van der Waals surface area (Å²) in [6, 6.07) is 0. The molecule has 0 aromatic heterocycles. The third-order valence-electron chi connectivity index (χ3n) is 1.40. The monoisotopic (exact) mass is 244 g/mol. The minimum atomic E-state index is -0.861. The Bertz CT molecular complexity index is 261. The number of carbonyl (C=O) groups is 2. The summed E-state index contributed by atoms with van der Waals surface area (Å²) >= 11 is 0. The fourth-order valence-corrected chi connectivity index (χ4v) is 0.640. The molecule has 0 aliphatic rings. The molecular formula is C11H16O6. The maximum atomic E-state index is 10.9. The van der Waals surface area contributed by atoms with Crippen molar-refractivity contribution in [3.63, 3.8) is 0 Å². The van der Waals surface area contributed by atoms with E-state index in [1.807, 2.05) is 0 Å². The Labute approximate surface area is 100 Å². The van der Waals surface area contributed by atoms with Crippen LogP contribution in [0.1, 0.15) is 6.92 Å². The fraction of sp³-hybridized carbons (Fsp3) is 0.455. The van der Waals surface area contributed by atoms with Crippen LogP contribution in [0.5, 0.6) is 0 Å². The van der Waals surface area contributed by atoms with Crippen molar-refractivity contribution in [1.82, 2.24) is 0 Å².